The van der Waals surface area contributed by atoms with Gasteiger partial charge in [-0.05, 0) is 52.4 Å². The lowest BCUT2D eigenvalue weighted by atomic mass is 10.1. The van der Waals surface area contributed by atoms with E-state index in [1.54, 1.807) is 0 Å². The minimum Gasteiger partial charge on any atom is -0.377 e. The predicted molar refractivity (Wildman–Crippen MR) is 68.8 cm³/mol. The molecule has 1 heterocycles. The SMILES string of the molecule is C=CCCCN(C)CCOC1CCNCC1. The Kier molecular flexibility index (Phi) is 7.47. The van der Waals surface area contributed by atoms with Crippen molar-refractivity contribution in [2.24, 2.45) is 0 Å². The van der Waals surface area contributed by atoms with Gasteiger partial charge in [0.2, 0.25) is 0 Å². The Hall–Kier alpha value is -0.380. The van der Waals surface area contributed by atoms with E-state index in [9.17, 15) is 0 Å². The van der Waals surface area contributed by atoms with E-state index in [1.807, 2.05) is 6.08 Å². The number of hydrogen-bond donors (Lipinski definition) is 1. The maximum Gasteiger partial charge on any atom is 0.0600 e. The molecule has 3 heteroatoms. The second kappa shape index (κ2) is 8.74. The number of unbranched alkanes of at least 4 members (excludes halogenated alkanes) is 1. The van der Waals surface area contributed by atoms with E-state index in [0.717, 1.165) is 39.2 Å². The van der Waals surface area contributed by atoms with Crippen LogP contribution in [0.4, 0.5) is 0 Å². The zero-order valence-corrected chi connectivity index (χ0v) is 10.6. The zero-order chi connectivity index (χ0) is 11.6. The predicted octanol–water partition coefficient (Wildman–Crippen LogP) is 1.65. The Labute approximate surface area is 99.8 Å². The third-order valence-corrected chi connectivity index (χ3v) is 3.06. The lowest BCUT2D eigenvalue weighted by Crippen LogP contribution is -2.34. The highest BCUT2D eigenvalue weighted by Gasteiger charge is 2.12. The van der Waals surface area contributed by atoms with Crippen LogP contribution in [0, 0.1) is 0 Å². The topological polar surface area (TPSA) is 24.5 Å². The van der Waals surface area contributed by atoms with Crippen LogP contribution in [0.15, 0.2) is 12.7 Å². The van der Waals surface area contributed by atoms with Crippen LogP contribution < -0.4 is 5.32 Å². The van der Waals surface area contributed by atoms with Crippen LogP contribution in [0.2, 0.25) is 0 Å². The van der Waals surface area contributed by atoms with E-state index in [4.69, 9.17) is 4.74 Å². The Morgan fingerprint density at radius 3 is 2.81 bits per heavy atom. The molecule has 1 N–H and O–H groups in total. The lowest BCUT2D eigenvalue weighted by molar-refractivity contribution is 0.0231. The molecule has 0 bridgehead atoms. The van der Waals surface area contributed by atoms with E-state index in [0.29, 0.717) is 6.10 Å². The summed E-state index contributed by atoms with van der Waals surface area (Å²) in [6.07, 6.45) is 7.12. The van der Waals surface area contributed by atoms with E-state index in [2.05, 4.69) is 23.8 Å². The highest BCUT2D eigenvalue weighted by molar-refractivity contribution is 4.69. The van der Waals surface area contributed by atoms with Crippen molar-refractivity contribution in [1.82, 2.24) is 10.2 Å². The first-order chi connectivity index (χ1) is 7.83. The first-order valence-corrected chi connectivity index (χ1v) is 6.44. The molecule has 0 aromatic rings. The summed E-state index contributed by atoms with van der Waals surface area (Å²) in [5.41, 5.74) is 0. The molecule has 0 amide bonds. The van der Waals surface area contributed by atoms with Gasteiger partial charge in [0.15, 0.2) is 0 Å². The molecule has 1 saturated heterocycles. The number of piperidine rings is 1. The Morgan fingerprint density at radius 1 is 1.38 bits per heavy atom. The second-order valence-electron chi connectivity index (χ2n) is 4.55. The summed E-state index contributed by atoms with van der Waals surface area (Å²) >= 11 is 0. The van der Waals surface area contributed by atoms with Gasteiger partial charge in [0.25, 0.3) is 0 Å². The highest BCUT2D eigenvalue weighted by atomic mass is 16.5. The molecule has 0 spiro atoms. The number of hydrogen-bond acceptors (Lipinski definition) is 3. The minimum absolute atomic E-state index is 0.489. The largest absolute Gasteiger partial charge is 0.377 e. The zero-order valence-electron chi connectivity index (χ0n) is 10.6. The molecule has 1 aliphatic heterocycles. The number of ether oxygens (including phenoxy) is 1. The summed E-state index contributed by atoms with van der Waals surface area (Å²) in [6, 6.07) is 0. The Morgan fingerprint density at radius 2 is 2.12 bits per heavy atom. The van der Waals surface area contributed by atoms with Crippen LogP contribution in [-0.4, -0.2) is 50.8 Å². The summed E-state index contributed by atoms with van der Waals surface area (Å²) in [5.74, 6) is 0. The lowest BCUT2D eigenvalue weighted by Gasteiger charge is -2.24. The standard InChI is InChI=1S/C13H26N2O/c1-3-4-5-10-15(2)11-12-16-13-6-8-14-9-7-13/h3,13-14H,1,4-12H2,2H3. The molecule has 0 atom stereocenters. The van der Waals surface area contributed by atoms with Gasteiger partial charge in [-0.25, -0.2) is 0 Å². The van der Waals surface area contributed by atoms with Crippen molar-refractivity contribution < 1.29 is 4.74 Å². The quantitative estimate of drug-likeness (QED) is 0.503. The maximum atomic E-state index is 5.86. The summed E-state index contributed by atoms with van der Waals surface area (Å²) in [7, 11) is 2.16. The molecule has 94 valence electrons. The molecule has 16 heavy (non-hydrogen) atoms. The number of nitrogens with one attached hydrogen (secondary N) is 1. The molecule has 0 aromatic carbocycles. The Bertz CT molecular complexity index is 179. The van der Waals surface area contributed by atoms with Crippen molar-refractivity contribution in [3.63, 3.8) is 0 Å². The normalized spacial score (nSPS) is 17.9. The van der Waals surface area contributed by atoms with Gasteiger partial charge < -0.3 is 15.0 Å². The van der Waals surface area contributed by atoms with Crippen molar-refractivity contribution in [2.45, 2.75) is 31.8 Å². The molecular formula is C13H26N2O. The van der Waals surface area contributed by atoms with Crippen LogP contribution in [-0.2, 0) is 4.74 Å². The molecule has 1 fully saturated rings. The van der Waals surface area contributed by atoms with E-state index < -0.39 is 0 Å². The first kappa shape index (κ1) is 13.7. The minimum atomic E-state index is 0.489. The molecule has 0 unspecified atom stereocenters. The average Bonchev–Trinajstić information content (AvgIpc) is 2.31. The maximum absolute atomic E-state index is 5.86. The second-order valence-corrected chi connectivity index (χ2v) is 4.55. The fourth-order valence-electron chi connectivity index (χ4n) is 1.95. The molecule has 0 aliphatic carbocycles. The van der Waals surface area contributed by atoms with Crippen LogP contribution in [0.1, 0.15) is 25.7 Å². The first-order valence-electron chi connectivity index (χ1n) is 6.44. The van der Waals surface area contributed by atoms with Gasteiger partial charge in [0.1, 0.15) is 0 Å². The fourth-order valence-corrected chi connectivity index (χ4v) is 1.95. The van der Waals surface area contributed by atoms with Crippen LogP contribution in [0.3, 0.4) is 0 Å². The van der Waals surface area contributed by atoms with Crippen LogP contribution in [0.5, 0.6) is 0 Å². The van der Waals surface area contributed by atoms with Gasteiger partial charge in [0.05, 0.1) is 12.7 Å². The third kappa shape index (κ3) is 6.26. The molecule has 0 aromatic heterocycles. The molecule has 0 radical (unpaired) electrons. The third-order valence-electron chi connectivity index (χ3n) is 3.06. The molecule has 1 aliphatic rings. The van der Waals surface area contributed by atoms with Gasteiger partial charge in [-0.15, -0.1) is 6.58 Å². The number of likely N-dealkylation sites (N-methyl/N-ethyl adjacent to an activating group) is 1. The van der Waals surface area contributed by atoms with Gasteiger partial charge in [-0.3, -0.25) is 0 Å². The van der Waals surface area contributed by atoms with E-state index in [1.165, 1.54) is 19.3 Å². The van der Waals surface area contributed by atoms with Crippen molar-refractivity contribution in [2.75, 3.05) is 39.8 Å². The number of rotatable bonds is 8. The summed E-state index contributed by atoms with van der Waals surface area (Å²) in [6.45, 7) is 9.01. The van der Waals surface area contributed by atoms with Crippen molar-refractivity contribution in [3.8, 4) is 0 Å². The van der Waals surface area contributed by atoms with Gasteiger partial charge >= 0.3 is 0 Å². The summed E-state index contributed by atoms with van der Waals surface area (Å²) < 4.78 is 5.86. The summed E-state index contributed by atoms with van der Waals surface area (Å²) in [4.78, 5) is 2.34. The Balaban J connectivity index is 1.94. The van der Waals surface area contributed by atoms with Gasteiger partial charge in [0, 0.05) is 6.54 Å². The molecular weight excluding hydrogens is 200 g/mol. The highest BCUT2D eigenvalue weighted by Crippen LogP contribution is 2.06. The van der Waals surface area contributed by atoms with Crippen LogP contribution >= 0.6 is 0 Å². The molecule has 0 saturated carbocycles. The summed E-state index contributed by atoms with van der Waals surface area (Å²) in [5, 5.41) is 3.35. The number of nitrogens with zero attached hydrogens (tertiary/aromatic N) is 1. The van der Waals surface area contributed by atoms with Gasteiger partial charge in [-0.2, -0.15) is 0 Å². The van der Waals surface area contributed by atoms with Crippen molar-refractivity contribution in [3.05, 3.63) is 12.7 Å². The van der Waals surface area contributed by atoms with Crippen molar-refractivity contribution >= 4 is 0 Å². The smallest absolute Gasteiger partial charge is 0.0600 e. The molecule has 1 rings (SSSR count). The number of allylic oxidation sites excluding steroid dienone is 1. The van der Waals surface area contributed by atoms with Gasteiger partial charge in [-0.1, -0.05) is 6.08 Å². The fraction of sp³-hybridized carbons (Fsp3) is 0.846. The average molecular weight is 226 g/mol. The monoisotopic (exact) mass is 226 g/mol. The van der Waals surface area contributed by atoms with Crippen molar-refractivity contribution in [1.29, 1.82) is 0 Å². The van der Waals surface area contributed by atoms with E-state index in [-0.39, 0.29) is 0 Å². The van der Waals surface area contributed by atoms with E-state index >= 15 is 0 Å². The molecule has 3 nitrogen and oxygen atoms in total. The van der Waals surface area contributed by atoms with Crippen LogP contribution in [0.25, 0.3) is 0 Å².